The lowest BCUT2D eigenvalue weighted by atomic mass is 10.1. The summed E-state index contributed by atoms with van der Waals surface area (Å²) in [7, 11) is -0.671. The number of sulfonamides is 1. The Morgan fingerprint density at radius 1 is 1.00 bits per heavy atom. The number of carbonyl (C=O) groups is 2. The van der Waals surface area contributed by atoms with E-state index < -0.39 is 15.9 Å². The topological polar surface area (TPSA) is 83.5 Å². The molecule has 25 heavy (non-hydrogen) atoms. The summed E-state index contributed by atoms with van der Waals surface area (Å²) in [6, 6.07) is 12.6. The lowest BCUT2D eigenvalue weighted by Gasteiger charge is -2.11. The van der Waals surface area contributed by atoms with Crippen molar-refractivity contribution >= 4 is 21.8 Å². The van der Waals surface area contributed by atoms with E-state index in [1.54, 1.807) is 57.4 Å². The van der Waals surface area contributed by atoms with Gasteiger partial charge in [-0.1, -0.05) is 30.3 Å². The second-order valence-electron chi connectivity index (χ2n) is 5.86. The maximum Gasteiger partial charge on any atom is 0.265 e. The fraction of sp³-hybridized carbons (Fsp3) is 0.222. The van der Waals surface area contributed by atoms with Gasteiger partial charge in [-0.25, -0.2) is 13.1 Å². The molecule has 0 saturated heterocycles. The SMILES string of the molecule is Cc1ccccc1C(=O)NS(=O)(=O)c1ccc(CC(=O)N(C)C)cc1. The van der Waals surface area contributed by atoms with Gasteiger partial charge in [0.1, 0.15) is 0 Å². The predicted molar refractivity (Wildman–Crippen MR) is 94.7 cm³/mol. The molecular weight excluding hydrogens is 340 g/mol. The maximum absolute atomic E-state index is 12.4. The highest BCUT2D eigenvalue weighted by Crippen LogP contribution is 2.13. The van der Waals surface area contributed by atoms with Crippen LogP contribution in [0.25, 0.3) is 0 Å². The number of aryl methyl sites for hydroxylation is 1. The number of likely N-dealkylation sites (N-methyl/N-ethyl adjacent to an activating group) is 1. The lowest BCUT2D eigenvalue weighted by Crippen LogP contribution is -2.31. The molecule has 0 radical (unpaired) electrons. The summed E-state index contributed by atoms with van der Waals surface area (Å²) in [4.78, 5) is 25.3. The molecule has 0 fully saturated rings. The Kier molecular flexibility index (Phi) is 5.58. The van der Waals surface area contributed by atoms with E-state index in [9.17, 15) is 18.0 Å². The Morgan fingerprint density at radius 3 is 2.16 bits per heavy atom. The Balaban J connectivity index is 2.16. The van der Waals surface area contributed by atoms with Crippen LogP contribution < -0.4 is 4.72 Å². The average molecular weight is 360 g/mol. The van der Waals surface area contributed by atoms with Crippen molar-refractivity contribution < 1.29 is 18.0 Å². The highest BCUT2D eigenvalue weighted by molar-refractivity contribution is 7.90. The summed E-state index contributed by atoms with van der Waals surface area (Å²) < 4.78 is 26.8. The first-order valence-electron chi connectivity index (χ1n) is 7.62. The molecular formula is C18H20N2O4S. The van der Waals surface area contributed by atoms with Gasteiger partial charge in [-0.15, -0.1) is 0 Å². The zero-order valence-corrected chi connectivity index (χ0v) is 15.1. The Bertz CT molecular complexity index is 888. The summed E-state index contributed by atoms with van der Waals surface area (Å²) in [5.41, 5.74) is 1.69. The van der Waals surface area contributed by atoms with Crippen molar-refractivity contribution in [3.63, 3.8) is 0 Å². The van der Waals surface area contributed by atoms with Crippen LogP contribution in [0.2, 0.25) is 0 Å². The Morgan fingerprint density at radius 2 is 1.60 bits per heavy atom. The monoisotopic (exact) mass is 360 g/mol. The van der Waals surface area contributed by atoms with Gasteiger partial charge in [-0.2, -0.15) is 0 Å². The number of nitrogens with one attached hydrogen (secondary N) is 1. The minimum absolute atomic E-state index is 0.0320. The molecule has 2 amide bonds. The van der Waals surface area contributed by atoms with E-state index in [4.69, 9.17) is 0 Å². The Labute approximate surface area is 147 Å². The summed E-state index contributed by atoms with van der Waals surface area (Å²) in [5, 5.41) is 0. The second-order valence-corrected chi connectivity index (χ2v) is 7.54. The molecule has 0 aliphatic rings. The standard InChI is InChI=1S/C18H20N2O4S/c1-13-6-4-5-7-16(13)18(22)19-25(23,24)15-10-8-14(9-11-15)12-17(21)20(2)3/h4-11H,12H2,1-3H3,(H,19,22). The van der Waals surface area contributed by atoms with Crippen molar-refractivity contribution in [2.45, 2.75) is 18.2 Å². The molecule has 0 bridgehead atoms. The van der Waals surface area contributed by atoms with Crippen molar-refractivity contribution in [1.29, 1.82) is 0 Å². The second kappa shape index (κ2) is 7.48. The first-order valence-corrected chi connectivity index (χ1v) is 9.11. The number of hydrogen-bond acceptors (Lipinski definition) is 4. The van der Waals surface area contributed by atoms with Gasteiger partial charge in [0.15, 0.2) is 0 Å². The number of rotatable bonds is 5. The van der Waals surface area contributed by atoms with E-state index in [0.717, 1.165) is 0 Å². The quantitative estimate of drug-likeness (QED) is 0.880. The molecule has 0 aliphatic heterocycles. The highest BCUT2D eigenvalue weighted by atomic mass is 32.2. The van der Waals surface area contributed by atoms with E-state index in [1.165, 1.54) is 17.0 Å². The zero-order valence-electron chi connectivity index (χ0n) is 14.3. The van der Waals surface area contributed by atoms with Crippen LogP contribution in [-0.4, -0.2) is 39.2 Å². The summed E-state index contributed by atoms with van der Waals surface area (Å²) in [6.45, 7) is 1.73. The van der Waals surface area contributed by atoms with Gasteiger partial charge < -0.3 is 4.90 Å². The van der Waals surface area contributed by atoms with Gasteiger partial charge in [0.05, 0.1) is 11.3 Å². The fourth-order valence-corrected chi connectivity index (χ4v) is 3.15. The number of benzene rings is 2. The van der Waals surface area contributed by atoms with Crippen molar-refractivity contribution in [2.75, 3.05) is 14.1 Å². The van der Waals surface area contributed by atoms with Gasteiger partial charge in [0, 0.05) is 19.7 Å². The number of nitrogens with zero attached hydrogens (tertiary/aromatic N) is 1. The normalized spacial score (nSPS) is 11.0. The van der Waals surface area contributed by atoms with Crippen molar-refractivity contribution in [1.82, 2.24) is 9.62 Å². The molecule has 0 unspecified atom stereocenters. The van der Waals surface area contributed by atoms with Crippen molar-refractivity contribution in [3.8, 4) is 0 Å². The summed E-state index contributed by atoms with van der Waals surface area (Å²) in [6.07, 6.45) is 0.183. The molecule has 0 saturated carbocycles. The van der Waals surface area contributed by atoms with Crippen LogP contribution in [0.4, 0.5) is 0 Å². The third kappa shape index (κ3) is 4.67. The van der Waals surface area contributed by atoms with Crippen LogP contribution in [0.15, 0.2) is 53.4 Å². The molecule has 6 nitrogen and oxygen atoms in total. The van der Waals surface area contributed by atoms with Gasteiger partial charge in [-0.3, -0.25) is 9.59 Å². The van der Waals surface area contributed by atoms with E-state index in [2.05, 4.69) is 4.72 Å². The maximum atomic E-state index is 12.4. The number of carbonyl (C=O) groups excluding carboxylic acids is 2. The molecule has 132 valence electrons. The molecule has 0 atom stereocenters. The predicted octanol–water partition coefficient (Wildman–Crippen LogP) is 1.74. The van der Waals surface area contributed by atoms with Crippen molar-refractivity contribution in [2.24, 2.45) is 0 Å². The molecule has 1 N–H and O–H groups in total. The molecule has 2 aromatic carbocycles. The first kappa shape index (κ1) is 18.7. The van der Waals surface area contributed by atoms with Crippen LogP contribution in [-0.2, 0) is 21.2 Å². The molecule has 2 aromatic rings. The van der Waals surface area contributed by atoms with Crippen molar-refractivity contribution in [3.05, 3.63) is 65.2 Å². The number of hydrogen-bond donors (Lipinski definition) is 1. The molecule has 0 aliphatic carbocycles. The molecule has 7 heteroatoms. The zero-order chi connectivity index (χ0) is 18.6. The van der Waals surface area contributed by atoms with Gasteiger partial charge in [-0.05, 0) is 36.2 Å². The minimum atomic E-state index is -3.98. The third-order valence-corrected chi connectivity index (χ3v) is 5.05. The summed E-state index contributed by atoms with van der Waals surface area (Å²) in [5.74, 6) is -0.756. The van der Waals surface area contributed by atoms with E-state index in [-0.39, 0.29) is 17.2 Å². The van der Waals surface area contributed by atoms with Gasteiger partial charge in [0.25, 0.3) is 15.9 Å². The smallest absolute Gasteiger partial charge is 0.265 e. The van der Waals surface area contributed by atoms with E-state index in [1.807, 2.05) is 0 Å². The molecule has 0 heterocycles. The van der Waals surface area contributed by atoms with E-state index >= 15 is 0 Å². The minimum Gasteiger partial charge on any atom is -0.349 e. The Hall–Kier alpha value is -2.67. The molecule has 0 aromatic heterocycles. The van der Waals surface area contributed by atoms with Crippen LogP contribution in [0.1, 0.15) is 21.5 Å². The van der Waals surface area contributed by atoms with Crippen LogP contribution in [0.5, 0.6) is 0 Å². The van der Waals surface area contributed by atoms with Gasteiger partial charge in [0.2, 0.25) is 5.91 Å². The van der Waals surface area contributed by atoms with E-state index in [0.29, 0.717) is 16.7 Å². The highest BCUT2D eigenvalue weighted by Gasteiger charge is 2.19. The van der Waals surface area contributed by atoms with Crippen LogP contribution in [0, 0.1) is 6.92 Å². The summed E-state index contributed by atoms with van der Waals surface area (Å²) >= 11 is 0. The van der Waals surface area contributed by atoms with Gasteiger partial charge >= 0.3 is 0 Å². The van der Waals surface area contributed by atoms with Crippen LogP contribution >= 0.6 is 0 Å². The average Bonchev–Trinajstić information content (AvgIpc) is 2.55. The first-order chi connectivity index (χ1) is 11.7. The molecule has 0 spiro atoms. The number of amides is 2. The lowest BCUT2D eigenvalue weighted by molar-refractivity contribution is -0.127. The third-order valence-electron chi connectivity index (χ3n) is 3.70. The largest absolute Gasteiger partial charge is 0.349 e. The molecule has 2 rings (SSSR count). The fourth-order valence-electron chi connectivity index (χ4n) is 2.18. The van der Waals surface area contributed by atoms with Crippen LogP contribution in [0.3, 0.4) is 0 Å².